The Balaban J connectivity index is 1.93. The molecule has 1 aromatic carbocycles. The van der Waals surface area contributed by atoms with Gasteiger partial charge in [0, 0.05) is 11.9 Å². The number of aromatic nitrogens is 1. The molecule has 1 aliphatic rings. The highest BCUT2D eigenvalue weighted by Gasteiger charge is 2.38. The summed E-state index contributed by atoms with van der Waals surface area (Å²) in [5, 5.41) is 11.9. The molecule has 1 heterocycles. The quantitative estimate of drug-likeness (QED) is 0.826. The summed E-state index contributed by atoms with van der Waals surface area (Å²) < 4.78 is 0. The van der Waals surface area contributed by atoms with Crippen LogP contribution in [0, 0.1) is 6.92 Å². The minimum Gasteiger partial charge on any atom is -0.477 e. The van der Waals surface area contributed by atoms with Gasteiger partial charge in [0.25, 0.3) is 5.91 Å². The van der Waals surface area contributed by atoms with Crippen LogP contribution in [0.15, 0.2) is 30.5 Å². The van der Waals surface area contributed by atoms with Crippen LogP contribution in [-0.4, -0.2) is 22.0 Å². The van der Waals surface area contributed by atoms with Gasteiger partial charge in [-0.1, -0.05) is 27.7 Å². The summed E-state index contributed by atoms with van der Waals surface area (Å²) in [5.74, 6) is -1.41. The molecule has 2 N–H and O–H groups in total. The van der Waals surface area contributed by atoms with E-state index in [1.54, 1.807) is 0 Å². The Morgan fingerprint density at radius 2 is 1.74 bits per heavy atom. The number of hydrogen-bond donors (Lipinski definition) is 2. The van der Waals surface area contributed by atoms with Gasteiger partial charge in [0.1, 0.15) is 5.69 Å². The van der Waals surface area contributed by atoms with Crippen LogP contribution < -0.4 is 5.32 Å². The van der Waals surface area contributed by atoms with Crippen LogP contribution in [0.4, 0.5) is 5.69 Å². The number of aryl methyl sites for hydroxylation is 1. The third kappa shape index (κ3) is 3.59. The smallest absolute Gasteiger partial charge is 0.354 e. The van der Waals surface area contributed by atoms with E-state index in [0.717, 1.165) is 18.5 Å². The molecule has 5 heteroatoms. The number of anilines is 1. The number of carbonyl (C=O) groups is 2. The van der Waals surface area contributed by atoms with Crippen molar-refractivity contribution in [2.75, 3.05) is 5.32 Å². The summed E-state index contributed by atoms with van der Waals surface area (Å²) in [6.45, 7) is 11.2. The standard InChI is InChI=1S/C22H26N2O3/c1-13-10-15(11-16-18(13)22(4,5)9-8-21(16,2)3)24-19(25)14-6-7-17(20(26)27)23-12-14/h6-7,10-12H,8-9H2,1-5H3,(H,24,25)(H,26,27). The number of carboxylic acid groups (broad SMARTS) is 1. The Kier molecular flexibility index (Phi) is 4.58. The van der Waals surface area contributed by atoms with E-state index in [1.807, 2.05) is 6.07 Å². The molecule has 0 aliphatic heterocycles. The molecule has 5 nitrogen and oxygen atoms in total. The van der Waals surface area contributed by atoms with Gasteiger partial charge < -0.3 is 10.4 Å². The van der Waals surface area contributed by atoms with E-state index in [2.05, 4.69) is 51.0 Å². The van der Waals surface area contributed by atoms with E-state index in [4.69, 9.17) is 5.11 Å². The normalized spacial score (nSPS) is 17.1. The highest BCUT2D eigenvalue weighted by Crippen LogP contribution is 2.47. The Morgan fingerprint density at radius 1 is 1.07 bits per heavy atom. The van der Waals surface area contributed by atoms with Gasteiger partial charge in [-0.25, -0.2) is 9.78 Å². The van der Waals surface area contributed by atoms with Crippen LogP contribution >= 0.6 is 0 Å². The Bertz CT molecular complexity index is 912. The molecule has 1 aromatic heterocycles. The van der Waals surface area contributed by atoms with E-state index < -0.39 is 5.97 Å². The van der Waals surface area contributed by atoms with Gasteiger partial charge in [-0.05, 0) is 71.6 Å². The summed E-state index contributed by atoms with van der Waals surface area (Å²) in [6, 6.07) is 6.91. The number of nitrogens with zero attached hydrogens (tertiary/aromatic N) is 1. The highest BCUT2D eigenvalue weighted by molar-refractivity contribution is 6.04. The van der Waals surface area contributed by atoms with Gasteiger partial charge >= 0.3 is 5.97 Å². The van der Waals surface area contributed by atoms with Crippen molar-refractivity contribution in [1.29, 1.82) is 0 Å². The third-order valence-electron chi connectivity index (χ3n) is 5.62. The second-order valence-electron chi connectivity index (χ2n) is 8.67. The van der Waals surface area contributed by atoms with E-state index >= 15 is 0 Å². The maximum Gasteiger partial charge on any atom is 0.354 e. The number of benzene rings is 1. The fraction of sp³-hybridized carbons (Fsp3) is 0.409. The number of carbonyl (C=O) groups excluding carboxylic acids is 1. The lowest BCUT2D eigenvalue weighted by atomic mass is 9.62. The SMILES string of the molecule is Cc1cc(NC(=O)c2ccc(C(=O)O)nc2)cc2c1C(C)(C)CCC2(C)C. The molecule has 0 saturated heterocycles. The van der Waals surface area contributed by atoms with Gasteiger partial charge in [-0.15, -0.1) is 0 Å². The van der Waals surface area contributed by atoms with Crippen molar-refractivity contribution >= 4 is 17.6 Å². The predicted octanol–water partition coefficient (Wildman–Crippen LogP) is 4.69. The van der Waals surface area contributed by atoms with Crippen molar-refractivity contribution in [1.82, 2.24) is 4.98 Å². The Labute approximate surface area is 159 Å². The molecule has 0 spiro atoms. The summed E-state index contributed by atoms with van der Waals surface area (Å²) in [5.41, 5.74) is 5.02. The molecule has 0 radical (unpaired) electrons. The van der Waals surface area contributed by atoms with Gasteiger partial charge in [0.05, 0.1) is 5.56 Å². The molecule has 1 amide bonds. The molecule has 0 atom stereocenters. The summed E-state index contributed by atoms with van der Waals surface area (Å²) in [6.07, 6.45) is 3.53. The minimum atomic E-state index is -1.11. The second-order valence-corrected chi connectivity index (χ2v) is 8.67. The topological polar surface area (TPSA) is 79.3 Å². The molecule has 1 aliphatic carbocycles. The Hall–Kier alpha value is -2.69. The van der Waals surface area contributed by atoms with Gasteiger partial charge in [0.2, 0.25) is 0 Å². The number of nitrogens with one attached hydrogen (secondary N) is 1. The first kappa shape index (κ1) is 19.1. The maximum absolute atomic E-state index is 12.6. The monoisotopic (exact) mass is 366 g/mol. The zero-order valence-corrected chi connectivity index (χ0v) is 16.5. The maximum atomic E-state index is 12.6. The van der Waals surface area contributed by atoms with Crippen molar-refractivity contribution in [3.05, 3.63) is 58.4 Å². The molecule has 2 aromatic rings. The van der Waals surface area contributed by atoms with Gasteiger partial charge in [-0.3, -0.25) is 4.79 Å². The van der Waals surface area contributed by atoms with Crippen molar-refractivity contribution in [3.63, 3.8) is 0 Å². The lowest BCUT2D eigenvalue weighted by Gasteiger charge is -2.43. The van der Waals surface area contributed by atoms with E-state index in [0.29, 0.717) is 5.56 Å². The largest absolute Gasteiger partial charge is 0.477 e. The van der Waals surface area contributed by atoms with Crippen molar-refractivity contribution in [3.8, 4) is 0 Å². The zero-order chi connectivity index (χ0) is 20.0. The molecule has 0 fully saturated rings. The molecule has 27 heavy (non-hydrogen) atoms. The number of hydrogen-bond acceptors (Lipinski definition) is 3. The van der Waals surface area contributed by atoms with E-state index in [-0.39, 0.29) is 22.4 Å². The lowest BCUT2D eigenvalue weighted by Crippen LogP contribution is -2.34. The Morgan fingerprint density at radius 3 is 2.33 bits per heavy atom. The first-order chi connectivity index (χ1) is 12.5. The zero-order valence-electron chi connectivity index (χ0n) is 16.5. The predicted molar refractivity (Wildman–Crippen MR) is 106 cm³/mol. The number of pyridine rings is 1. The molecular weight excluding hydrogens is 340 g/mol. The molecule has 0 saturated carbocycles. The molecule has 142 valence electrons. The molecule has 0 bridgehead atoms. The average Bonchev–Trinajstić information content (AvgIpc) is 2.58. The van der Waals surface area contributed by atoms with Crippen LogP contribution in [-0.2, 0) is 10.8 Å². The van der Waals surface area contributed by atoms with Gasteiger partial charge in [0.15, 0.2) is 0 Å². The van der Waals surface area contributed by atoms with E-state index in [1.165, 1.54) is 35.0 Å². The molecule has 0 unspecified atom stereocenters. The second kappa shape index (κ2) is 6.48. The lowest BCUT2D eigenvalue weighted by molar-refractivity contribution is 0.0690. The summed E-state index contributed by atoms with van der Waals surface area (Å²) in [7, 11) is 0. The van der Waals surface area contributed by atoms with Crippen LogP contribution in [0.2, 0.25) is 0 Å². The summed E-state index contributed by atoms with van der Waals surface area (Å²) >= 11 is 0. The molecule has 3 rings (SSSR count). The fourth-order valence-electron chi connectivity index (χ4n) is 4.03. The van der Waals surface area contributed by atoms with Crippen LogP contribution in [0.25, 0.3) is 0 Å². The van der Waals surface area contributed by atoms with Crippen molar-refractivity contribution in [2.24, 2.45) is 0 Å². The fourth-order valence-corrected chi connectivity index (χ4v) is 4.03. The number of carboxylic acids is 1. The van der Waals surface area contributed by atoms with Crippen LogP contribution in [0.5, 0.6) is 0 Å². The average molecular weight is 366 g/mol. The van der Waals surface area contributed by atoms with Crippen LogP contribution in [0.3, 0.4) is 0 Å². The van der Waals surface area contributed by atoms with Crippen molar-refractivity contribution in [2.45, 2.75) is 58.3 Å². The number of amides is 1. The first-order valence-electron chi connectivity index (χ1n) is 9.17. The van der Waals surface area contributed by atoms with Gasteiger partial charge in [-0.2, -0.15) is 0 Å². The number of aromatic carboxylic acids is 1. The van der Waals surface area contributed by atoms with Crippen LogP contribution in [0.1, 0.15) is 78.1 Å². The van der Waals surface area contributed by atoms with E-state index in [9.17, 15) is 9.59 Å². The minimum absolute atomic E-state index is 0.0566. The highest BCUT2D eigenvalue weighted by atomic mass is 16.4. The number of fused-ring (bicyclic) bond motifs is 1. The number of rotatable bonds is 3. The summed E-state index contributed by atoms with van der Waals surface area (Å²) in [4.78, 5) is 27.3. The third-order valence-corrected chi connectivity index (χ3v) is 5.62. The molecular formula is C22H26N2O3. The van der Waals surface area contributed by atoms with Crippen molar-refractivity contribution < 1.29 is 14.7 Å². The first-order valence-corrected chi connectivity index (χ1v) is 9.17.